The standard InChI is InChI=1S/C38H58ClN5O4/c1-6-40-17-19-41(20-18-40)36(46)33-22-30(44(29-15-9-26(2)10-16-29)37(47)34-8-7-21-48-34)23-43(33)35(45)32-25-42(38(3,4)5)24-31(32)27-11-13-28(39)14-12-27/h11-14,26,29-34H,6-10,15-25H2,1-5H3/t26?,29?,30-,31-,32+,33-,34-/m0/s1. The van der Waals surface area contributed by atoms with E-state index >= 15 is 4.79 Å². The van der Waals surface area contributed by atoms with Gasteiger partial charge in [0.25, 0.3) is 5.91 Å². The lowest BCUT2D eigenvalue weighted by Gasteiger charge is -2.41. The lowest BCUT2D eigenvalue weighted by Crippen LogP contribution is -2.55. The Morgan fingerprint density at radius 1 is 0.896 bits per heavy atom. The second-order valence-electron chi connectivity index (χ2n) is 16.2. The van der Waals surface area contributed by atoms with Gasteiger partial charge in [-0.25, -0.2) is 0 Å². The molecule has 1 aliphatic carbocycles. The van der Waals surface area contributed by atoms with Gasteiger partial charge in [-0.2, -0.15) is 0 Å². The number of halogens is 1. The van der Waals surface area contributed by atoms with Gasteiger partial charge in [0.05, 0.1) is 12.0 Å². The molecule has 0 bridgehead atoms. The Hall–Kier alpha value is -2.20. The van der Waals surface area contributed by atoms with Gasteiger partial charge < -0.3 is 24.3 Å². The number of likely N-dealkylation sites (N-methyl/N-ethyl adjacent to an activating group) is 1. The predicted octanol–water partition coefficient (Wildman–Crippen LogP) is 4.87. The van der Waals surface area contributed by atoms with Gasteiger partial charge in [-0.15, -0.1) is 0 Å². The third-order valence-corrected chi connectivity index (χ3v) is 12.3. The molecule has 0 unspecified atom stereocenters. The largest absolute Gasteiger partial charge is 0.368 e. The summed E-state index contributed by atoms with van der Waals surface area (Å²) in [6.45, 7) is 17.5. The number of hydrogen-bond acceptors (Lipinski definition) is 6. The van der Waals surface area contributed by atoms with Gasteiger partial charge in [-0.05, 0) is 95.9 Å². The molecule has 9 nitrogen and oxygen atoms in total. The fourth-order valence-electron chi connectivity index (χ4n) is 8.97. The molecule has 1 aromatic rings. The Morgan fingerprint density at radius 3 is 2.19 bits per heavy atom. The molecular formula is C38H58ClN5O4. The molecule has 0 spiro atoms. The first kappa shape index (κ1) is 35.6. The van der Waals surface area contributed by atoms with Crippen LogP contribution >= 0.6 is 11.6 Å². The van der Waals surface area contributed by atoms with Crippen molar-refractivity contribution in [1.29, 1.82) is 0 Å². The fourth-order valence-corrected chi connectivity index (χ4v) is 9.09. The van der Waals surface area contributed by atoms with Gasteiger partial charge in [0.15, 0.2) is 0 Å². The minimum atomic E-state index is -0.576. The van der Waals surface area contributed by atoms with E-state index in [1.165, 1.54) is 0 Å². The molecule has 1 saturated carbocycles. The molecule has 0 N–H and O–H groups in total. The Morgan fingerprint density at radius 2 is 1.58 bits per heavy atom. The van der Waals surface area contributed by atoms with Crippen molar-refractivity contribution in [2.45, 2.75) is 115 Å². The molecule has 5 atom stereocenters. The topological polar surface area (TPSA) is 76.6 Å². The van der Waals surface area contributed by atoms with Crippen LogP contribution in [0.1, 0.15) is 91.0 Å². The number of ether oxygens (including phenoxy) is 1. The van der Waals surface area contributed by atoms with Gasteiger partial charge >= 0.3 is 0 Å². The molecule has 0 radical (unpaired) electrons. The van der Waals surface area contributed by atoms with E-state index in [4.69, 9.17) is 16.3 Å². The van der Waals surface area contributed by atoms with Crippen LogP contribution in [0.2, 0.25) is 5.02 Å². The van der Waals surface area contributed by atoms with Crippen molar-refractivity contribution in [2.24, 2.45) is 11.8 Å². The Balaban J connectivity index is 1.32. The number of rotatable bonds is 7. The normalized spacial score (nSPS) is 32.2. The molecule has 48 heavy (non-hydrogen) atoms. The van der Waals surface area contributed by atoms with E-state index in [2.05, 4.69) is 49.3 Å². The van der Waals surface area contributed by atoms with Crippen molar-refractivity contribution in [3.05, 3.63) is 34.9 Å². The molecule has 266 valence electrons. The van der Waals surface area contributed by atoms with Crippen LogP contribution in [0.3, 0.4) is 0 Å². The molecule has 4 saturated heterocycles. The number of carbonyl (C=O) groups is 3. The van der Waals surface area contributed by atoms with E-state index < -0.39 is 12.1 Å². The first-order chi connectivity index (χ1) is 22.9. The van der Waals surface area contributed by atoms with Crippen molar-refractivity contribution in [1.82, 2.24) is 24.5 Å². The number of likely N-dealkylation sites (tertiary alicyclic amines) is 2. The predicted molar refractivity (Wildman–Crippen MR) is 189 cm³/mol. The number of nitrogens with zero attached hydrogens (tertiary/aromatic N) is 5. The van der Waals surface area contributed by atoms with Gasteiger partial charge in [0.2, 0.25) is 11.8 Å². The van der Waals surface area contributed by atoms with Crippen molar-refractivity contribution in [3.8, 4) is 0 Å². The summed E-state index contributed by atoms with van der Waals surface area (Å²) >= 11 is 6.29. The Labute approximate surface area is 293 Å². The van der Waals surface area contributed by atoms with E-state index in [1.807, 2.05) is 34.1 Å². The third kappa shape index (κ3) is 7.59. The van der Waals surface area contributed by atoms with Gasteiger partial charge in [-0.3, -0.25) is 19.3 Å². The summed E-state index contributed by atoms with van der Waals surface area (Å²) in [6, 6.07) is 7.25. The van der Waals surface area contributed by atoms with E-state index in [0.717, 1.165) is 70.3 Å². The second kappa shape index (κ2) is 15.0. The highest BCUT2D eigenvalue weighted by atomic mass is 35.5. The summed E-state index contributed by atoms with van der Waals surface area (Å²) in [6.07, 6.45) is 5.81. The summed E-state index contributed by atoms with van der Waals surface area (Å²) in [4.78, 5) is 54.6. The smallest absolute Gasteiger partial charge is 0.252 e. The first-order valence-electron chi connectivity index (χ1n) is 18.7. The molecule has 0 aromatic heterocycles. The molecular weight excluding hydrogens is 626 g/mol. The highest BCUT2D eigenvalue weighted by Crippen LogP contribution is 2.40. The zero-order valence-corrected chi connectivity index (χ0v) is 30.7. The molecule has 5 aliphatic rings. The van der Waals surface area contributed by atoms with Crippen molar-refractivity contribution >= 4 is 29.3 Å². The van der Waals surface area contributed by atoms with Gasteiger partial charge in [-0.1, -0.05) is 37.6 Å². The highest BCUT2D eigenvalue weighted by Gasteiger charge is 2.51. The molecule has 10 heteroatoms. The van der Waals surface area contributed by atoms with E-state index in [9.17, 15) is 9.59 Å². The first-order valence-corrected chi connectivity index (χ1v) is 19.1. The van der Waals surface area contributed by atoms with Crippen LogP contribution in [0.15, 0.2) is 24.3 Å². The van der Waals surface area contributed by atoms with Crippen molar-refractivity contribution in [3.63, 3.8) is 0 Å². The van der Waals surface area contributed by atoms with Crippen molar-refractivity contribution in [2.75, 3.05) is 59.0 Å². The summed E-state index contributed by atoms with van der Waals surface area (Å²) in [5.74, 6) is 0.480. The number of piperazine rings is 1. The fraction of sp³-hybridized carbons (Fsp3) is 0.763. The van der Waals surface area contributed by atoms with Crippen LogP contribution < -0.4 is 0 Å². The van der Waals surface area contributed by atoms with Crippen LogP contribution in [0.4, 0.5) is 0 Å². The molecule has 6 rings (SSSR count). The second-order valence-corrected chi connectivity index (χ2v) is 16.6. The third-order valence-electron chi connectivity index (χ3n) is 12.1. The maximum absolute atomic E-state index is 15.0. The van der Waals surface area contributed by atoms with E-state index in [-0.39, 0.29) is 47.2 Å². The van der Waals surface area contributed by atoms with Crippen LogP contribution in [0, 0.1) is 11.8 Å². The molecule has 3 amide bonds. The molecule has 4 aliphatic heterocycles. The number of amides is 3. The number of hydrogen-bond donors (Lipinski definition) is 0. The van der Waals surface area contributed by atoms with Gasteiger partial charge in [0.1, 0.15) is 12.1 Å². The summed E-state index contributed by atoms with van der Waals surface area (Å²) < 4.78 is 5.96. The number of benzene rings is 1. The monoisotopic (exact) mass is 683 g/mol. The Kier molecular flexibility index (Phi) is 11.1. The zero-order chi connectivity index (χ0) is 34.2. The number of carbonyl (C=O) groups excluding carboxylic acids is 3. The quantitative estimate of drug-likeness (QED) is 0.408. The molecule has 4 heterocycles. The maximum atomic E-state index is 15.0. The highest BCUT2D eigenvalue weighted by molar-refractivity contribution is 6.30. The van der Waals surface area contributed by atoms with Gasteiger partial charge in [0, 0.05) is 74.9 Å². The van der Waals surface area contributed by atoms with Crippen LogP contribution in [0.5, 0.6) is 0 Å². The van der Waals surface area contributed by atoms with E-state index in [0.29, 0.717) is 50.1 Å². The SMILES string of the molecule is CCN1CCN(C(=O)[C@@H]2C[C@H](N(C(=O)[C@@H]3CCCO3)C3CCC(C)CC3)CN2C(=O)[C@@H]2CN(C(C)(C)C)C[C@H]2c2ccc(Cl)cc2)CC1. The summed E-state index contributed by atoms with van der Waals surface area (Å²) in [7, 11) is 0. The molecule has 5 fully saturated rings. The van der Waals surface area contributed by atoms with Crippen molar-refractivity contribution < 1.29 is 19.1 Å². The minimum Gasteiger partial charge on any atom is -0.368 e. The zero-order valence-electron chi connectivity index (χ0n) is 29.9. The average molecular weight is 684 g/mol. The Bertz CT molecular complexity index is 1280. The minimum absolute atomic E-state index is 0.0126. The van der Waals surface area contributed by atoms with Crippen LogP contribution in [0.25, 0.3) is 0 Å². The average Bonchev–Trinajstić information content (AvgIpc) is 3.86. The van der Waals surface area contributed by atoms with Crippen LogP contribution in [-0.2, 0) is 19.1 Å². The van der Waals surface area contributed by atoms with Crippen LogP contribution in [-0.4, -0.2) is 131 Å². The lowest BCUT2D eigenvalue weighted by molar-refractivity contribution is -0.148. The maximum Gasteiger partial charge on any atom is 0.252 e. The molecule has 1 aromatic carbocycles. The lowest BCUT2D eigenvalue weighted by atomic mass is 9.85. The summed E-state index contributed by atoms with van der Waals surface area (Å²) in [5.41, 5.74) is 0.995. The van der Waals surface area contributed by atoms with E-state index in [1.54, 1.807) is 0 Å². The summed E-state index contributed by atoms with van der Waals surface area (Å²) in [5, 5.41) is 0.677.